The van der Waals surface area contributed by atoms with Gasteiger partial charge in [-0.2, -0.15) is 0 Å². The normalized spacial score (nSPS) is 19.5. The van der Waals surface area contributed by atoms with Gasteiger partial charge in [0.05, 0.1) is 10.7 Å². The number of nitrogens with one attached hydrogen (secondary N) is 1. The summed E-state index contributed by atoms with van der Waals surface area (Å²) in [4.78, 5) is -0.0250. The van der Waals surface area contributed by atoms with Crippen molar-refractivity contribution in [3.8, 4) is 0 Å². The van der Waals surface area contributed by atoms with E-state index in [1.54, 1.807) is 6.07 Å². The highest BCUT2D eigenvalue weighted by Crippen LogP contribution is 2.27. The lowest BCUT2D eigenvalue weighted by Gasteiger charge is -2.18. The topological polar surface area (TPSA) is 72.2 Å². The van der Waals surface area contributed by atoms with Crippen LogP contribution in [0.25, 0.3) is 0 Å². The molecule has 0 heterocycles. The summed E-state index contributed by atoms with van der Waals surface area (Å²) >= 11 is 5.93. The lowest BCUT2D eigenvalue weighted by atomic mass is 9.95. The van der Waals surface area contributed by atoms with E-state index in [2.05, 4.69) is 16.9 Å². The summed E-state index contributed by atoms with van der Waals surface area (Å²) in [5.74, 6) is 0.337. The van der Waals surface area contributed by atoms with Gasteiger partial charge in [0.25, 0.3) is 0 Å². The molecule has 1 aromatic rings. The summed E-state index contributed by atoms with van der Waals surface area (Å²) in [5, 5.41) is 0.149. The molecule has 1 unspecified atom stereocenters. The van der Waals surface area contributed by atoms with Crippen LogP contribution in [0.4, 0.5) is 5.69 Å². The van der Waals surface area contributed by atoms with Gasteiger partial charge >= 0.3 is 0 Å². The Morgan fingerprint density at radius 2 is 2.16 bits per heavy atom. The summed E-state index contributed by atoms with van der Waals surface area (Å²) in [6, 6.07) is 4.68. The molecule has 0 aromatic heterocycles. The monoisotopic (exact) mass is 300 g/mol. The fraction of sp³-hybridized carbons (Fsp3) is 0.385. The second-order valence-electron chi connectivity index (χ2n) is 4.66. The number of rotatable bonds is 4. The van der Waals surface area contributed by atoms with Gasteiger partial charge in [0.2, 0.25) is 10.0 Å². The zero-order valence-corrected chi connectivity index (χ0v) is 12.0. The molecule has 0 radical (unpaired) electrons. The van der Waals surface area contributed by atoms with Crippen molar-refractivity contribution in [3.05, 3.63) is 35.4 Å². The van der Waals surface area contributed by atoms with Crippen LogP contribution in [0.2, 0.25) is 5.02 Å². The smallest absolute Gasteiger partial charge is 0.244 e. The zero-order valence-electron chi connectivity index (χ0n) is 10.5. The first-order chi connectivity index (χ1) is 9.00. The van der Waals surface area contributed by atoms with E-state index in [0.29, 0.717) is 12.5 Å². The third-order valence-electron chi connectivity index (χ3n) is 3.21. The summed E-state index contributed by atoms with van der Waals surface area (Å²) in [5.41, 5.74) is 5.87. The van der Waals surface area contributed by atoms with Crippen LogP contribution in [0.3, 0.4) is 0 Å². The molecular weight excluding hydrogens is 284 g/mol. The lowest BCUT2D eigenvalue weighted by molar-refractivity contribution is 0.468. The highest BCUT2D eigenvalue weighted by molar-refractivity contribution is 7.89. The van der Waals surface area contributed by atoms with E-state index in [9.17, 15) is 8.42 Å². The molecule has 4 nitrogen and oxygen atoms in total. The summed E-state index contributed by atoms with van der Waals surface area (Å²) in [7, 11) is -3.65. The van der Waals surface area contributed by atoms with Gasteiger partial charge in [-0.3, -0.25) is 0 Å². The molecule has 0 spiro atoms. The minimum atomic E-state index is -3.65. The van der Waals surface area contributed by atoms with Crippen LogP contribution in [0.15, 0.2) is 35.2 Å². The molecule has 0 saturated heterocycles. The van der Waals surface area contributed by atoms with E-state index in [-0.39, 0.29) is 15.6 Å². The summed E-state index contributed by atoms with van der Waals surface area (Å²) in [6.45, 7) is 0.414. The Bertz CT molecular complexity index is 564. The van der Waals surface area contributed by atoms with Crippen molar-refractivity contribution in [2.24, 2.45) is 5.92 Å². The average Bonchev–Trinajstić information content (AvgIpc) is 2.37. The molecule has 1 aliphatic carbocycles. The van der Waals surface area contributed by atoms with E-state index in [1.165, 1.54) is 12.1 Å². The maximum absolute atomic E-state index is 12.2. The highest BCUT2D eigenvalue weighted by atomic mass is 35.5. The van der Waals surface area contributed by atoms with Gasteiger partial charge in [0.1, 0.15) is 4.90 Å². The molecule has 19 heavy (non-hydrogen) atoms. The fourth-order valence-corrected chi connectivity index (χ4v) is 3.94. The van der Waals surface area contributed by atoms with Crippen molar-refractivity contribution in [1.82, 2.24) is 4.72 Å². The standard InChI is InChI=1S/C13H17ClN2O2S/c14-11-7-4-8-12(15)13(11)19(17,18)16-9-10-5-2-1-3-6-10/h1-2,4,7-8,10,16H,3,5-6,9,15H2. The fourth-order valence-electron chi connectivity index (χ4n) is 2.15. The predicted molar refractivity (Wildman–Crippen MR) is 77.5 cm³/mol. The SMILES string of the molecule is Nc1cccc(Cl)c1S(=O)(=O)NCC1CC=CCC1. The summed E-state index contributed by atoms with van der Waals surface area (Å²) in [6.07, 6.45) is 7.11. The molecule has 0 fully saturated rings. The molecule has 1 atom stereocenters. The Hall–Kier alpha value is -1.04. The first kappa shape index (κ1) is 14.4. The van der Waals surface area contributed by atoms with Crippen molar-refractivity contribution >= 4 is 27.3 Å². The lowest BCUT2D eigenvalue weighted by Crippen LogP contribution is -2.30. The first-order valence-electron chi connectivity index (χ1n) is 6.19. The van der Waals surface area contributed by atoms with Gasteiger partial charge in [-0.15, -0.1) is 0 Å². The predicted octanol–water partition coefficient (Wildman–Crippen LogP) is 2.56. The number of benzene rings is 1. The quantitative estimate of drug-likeness (QED) is 0.663. The Morgan fingerprint density at radius 3 is 2.79 bits per heavy atom. The van der Waals surface area contributed by atoms with Crippen LogP contribution in [0.1, 0.15) is 19.3 Å². The van der Waals surface area contributed by atoms with Crippen LogP contribution in [0.5, 0.6) is 0 Å². The largest absolute Gasteiger partial charge is 0.398 e. The first-order valence-corrected chi connectivity index (χ1v) is 8.05. The van der Waals surface area contributed by atoms with Crippen LogP contribution >= 0.6 is 11.6 Å². The van der Waals surface area contributed by atoms with Gasteiger partial charge < -0.3 is 5.73 Å². The molecule has 0 saturated carbocycles. The van der Waals surface area contributed by atoms with E-state index in [4.69, 9.17) is 17.3 Å². The van der Waals surface area contributed by atoms with Crippen LogP contribution in [-0.2, 0) is 10.0 Å². The Kier molecular flexibility index (Phi) is 4.50. The molecule has 0 aliphatic heterocycles. The maximum atomic E-state index is 12.2. The Morgan fingerprint density at radius 1 is 1.37 bits per heavy atom. The number of allylic oxidation sites excluding steroid dienone is 2. The Labute approximate surface area is 118 Å². The van der Waals surface area contributed by atoms with Crippen molar-refractivity contribution in [3.63, 3.8) is 0 Å². The van der Waals surface area contributed by atoms with Crippen LogP contribution in [-0.4, -0.2) is 15.0 Å². The number of sulfonamides is 1. The van der Waals surface area contributed by atoms with E-state index in [1.807, 2.05) is 0 Å². The number of halogens is 1. The molecule has 3 N–H and O–H groups in total. The zero-order chi connectivity index (χ0) is 13.9. The third kappa shape index (κ3) is 3.49. The molecule has 1 aliphatic rings. The second kappa shape index (κ2) is 5.94. The average molecular weight is 301 g/mol. The Balaban J connectivity index is 2.12. The minimum absolute atomic E-state index is 0.0250. The van der Waals surface area contributed by atoms with Crippen LogP contribution in [0, 0.1) is 5.92 Å². The highest BCUT2D eigenvalue weighted by Gasteiger charge is 2.22. The number of nitrogen functional groups attached to an aromatic ring is 1. The maximum Gasteiger partial charge on any atom is 0.244 e. The van der Waals surface area contributed by atoms with Crippen molar-refractivity contribution < 1.29 is 8.42 Å². The van der Waals surface area contributed by atoms with Crippen molar-refractivity contribution in [1.29, 1.82) is 0 Å². The van der Waals surface area contributed by atoms with Gasteiger partial charge in [-0.1, -0.05) is 29.8 Å². The van der Waals surface area contributed by atoms with Crippen LogP contribution < -0.4 is 10.5 Å². The minimum Gasteiger partial charge on any atom is -0.398 e. The molecule has 6 heteroatoms. The van der Waals surface area contributed by atoms with Crippen molar-refractivity contribution in [2.75, 3.05) is 12.3 Å². The van der Waals surface area contributed by atoms with Gasteiger partial charge in [0, 0.05) is 6.54 Å². The summed E-state index contributed by atoms with van der Waals surface area (Å²) < 4.78 is 27.0. The second-order valence-corrected chi connectivity index (χ2v) is 6.77. The van der Waals surface area contributed by atoms with E-state index in [0.717, 1.165) is 19.3 Å². The van der Waals surface area contributed by atoms with E-state index >= 15 is 0 Å². The van der Waals surface area contributed by atoms with Gasteiger partial charge in [0.15, 0.2) is 0 Å². The van der Waals surface area contributed by atoms with Gasteiger partial charge in [-0.05, 0) is 37.3 Å². The molecule has 1 aromatic carbocycles. The molecule has 0 bridgehead atoms. The third-order valence-corrected chi connectivity index (χ3v) is 5.17. The molecule has 2 rings (SSSR count). The number of nitrogens with two attached hydrogens (primary N) is 1. The van der Waals surface area contributed by atoms with Gasteiger partial charge in [-0.25, -0.2) is 13.1 Å². The molecular formula is C13H17ClN2O2S. The number of hydrogen-bond acceptors (Lipinski definition) is 3. The molecule has 104 valence electrons. The van der Waals surface area contributed by atoms with E-state index < -0.39 is 10.0 Å². The number of anilines is 1. The van der Waals surface area contributed by atoms with Crippen molar-refractivity contribution in [2.45, 2.75) is 24.2 Å². The molecule has 0 amide bonds. The number of hydrogen-bond donors (Lipinski definition) is 2.